The van der Waals surface area contributed by atoms with Crippen LogP contribution in [0.4, 0.5) is 0 Å². The Morgan fingerprint density at radius 2 is 1.52 bits per heavy atom. The topological polar surface area (TPSA) is 26.0 Å². The summed E-state index contributed by atoms with van der Waals surface area (Å²) < 4.78 is 0. The average Bonchev–Trinajstić information content (AvgIpc) is 2.46. The minimum absolute atomic E-state index is 0.223. The van der Waals surface area contributed by atoms with Gasteiger partial charge in [0.2, 0.25) is 0 Å². The quantitative estimate of drug-likeness (QED) is 0.831. The van der Waals surface area contributed by atoms with Crippen molar-refractivity contribution in [3.05, 3.63) is 35.4 Å². The van der Waals surface area contributed by atoms with E-state index in [2.05, 4.69) is 31.2 Å². The van der Waals surface area contributed by atoms with Crippen LogP contribution in [0.5, 0.6) is 0 Å². The van der Waals surface area contributed by atoms with Gasteiger partial charge in [-0.2, -0.15) is 0 Å². The van der Waals surface area contributed by atoms with Crippen LogP contribution in [0.15, 0.2) is 24.3 Å². The van der Waals surface area contributed by atoms with Gasteiger partial charge in [0.25, 0.3) is 0 Å². The molecule has 1 unspecified atom stereocenters. The number of nitrogens with two attached hydrogens (primary N) is 1. The van der Waals surface area contributed by atoms with E-state index in [1.165, 1.54) is 44.1 Å². The maximum absolute atomic E-state index is 6.26. The zero-order valence-corrected chi connectivity index (χ0v) is 13.4. The average molecular weight is 283 g/mol. The molecule has 4 bridgehead atoms. The molecule has 114 valence electrons. The molecule has 1 heteroatoms. The van der Waals surface area contributed by atoms with Crippen molar-refractivity contribution < 1.29 is 0 Å². The molecule has 4 aliphatic rings. The lowest BCUT2D eigenvalue weighted by Gasteiger charge is -2.57. The van der Waals surface area contributed by atoms with Crippen LogP contribution < -0.4 is 5.73 Å². The Labute approximate surface area is 129 Å². The molecule has 1 atom stereocenters. The van der Waals surface area contributed by atoms with E-state index >= 15 is 0 Å². The molecule has 4 fully saturated rings. The molecule has 1 aromatic rings. The summed E-state index contributed by atoms with van der Waals surface area (Å²) in [4.78, 5) is 0. The molecule has 0 spiro atoms. The van der Waals surface area contributed by atoms with Crippen LogP contribution in [0.2, 0.25) is 0 Å². The van der Waals surface area contributed by atoms with Crippen molar-refractivity contribution in [1.29, 1.82) is 0 Å². The van der Waals surface area contributed by atoms with E-state index in [0.717, 1.165) is 30.6 Å². The van der Waals surface area contributed by atoms with E-state index in [9.17, 15) is 0 Å². The SMILES string of the molecule is CCCC(N)c1ccc(C23CC4CC(CC(C4)C2)C3)cc1. The Hall–Kier alpha value is -0.820. The number of benzene rings is 1. The standard InChI is InChI=1S/C20H29N/c1-2-3-19(21)17-4-6-18(7-5-17)20-11-14-8-15(12-20)10-16(9-14)13-20/h4-7,14-16,19H,2-3,8-13,21H2,1H3. The maximum atomic E-state index is 6.26. The van der Waals surface area contributed by atoms with Crippen LogP contribution in [0.25, 0.3) is 0 Å². The summed E-state index contributed by atoms with van der Waals surface area (Å²) in [5, 5.41) is 0. The smallest absolute Gasteiger partial charge is 0.0294 e. The fraction of sp³-hybridized carbons (Fsp3) is 0.700. The van der Waals surface area contributed by atoms with Crippen LogP contribution >= 0.6 is 0 Å². The largest absolute Gasteiger partial charge is 0.324 e. The first kappa shape index (κ1) is 13.8. The van der Waals surface area contributed by atoms with Crippen molar-refractivity contribution in [2.24, 2.45) is 23.5 Å². The van der Waals surface area contributed by atoms with Crippen LogP contribution in [0.1, 0.15) is 75.5 Å². The molecule has 2 N–H and O–H groups in total. The Bertz CT molecular complexity index is 466. The van der Waals surface area contributed by atoms with Crippen LogP contribution in [0, 0.1) is 17.8 Å². The highest BCUT2D eigenvalue weighted by Crippen LogP contribution is 2.60. The van der Waals surface area contributed by atoms with Gasteiger partial charge in [-0.05, 0) is 79.2 Å². The van der Waals surface area contributed by atoms with Crippen molar-refractivity contribution in [3.8, 4) is 0 Å². The maximum Gasteiger partial charge on any atom is 0.0294 e. The lowest BCUT2D eigenvalue weighted by atomic mass is 9.48. The van der Waals surface area contributed by atoms with Gasteiger partial charge < -0.3 is 5.73 Å². The lowest BCUT2D eigenvalue weighted by molar-refractivity contribution is -0.00519. The third-order valence-corrected chi connectivity index (χ3v) is 6.59. The fourth-order valence-corrected chi connectivity index (χ4v) is 6.03. The summed E-state index contributed by atoms with van der Waals surface area (Å²) in [6.45, 7) is 2.21. The second-order valence-electron chi connectivity index (χ2n) is 8.22. The van der Waals surface area contributed by atoms with Gasteiger partial charge in [0.1, 0.15) is 0 Å². The van der Waals surface area contributed by atoms with E-state index in [0.29, 0.717) is 5.41 Å². The van der Waals surface area contributed by atoms with Gasteiger partial charge >= 0.3 is 0 Å². The van der Waals surface area contributed by atoms with Crippen molar-refractivity contribution in [3.63, 3.8) is 0 Å². The van der Waals surface area contributed by atoms with E-state index in [1.54, 1.807) is 5.56 Å². The third-order valence-electron chi connectivity index (χ3n) is 6.59. The molecular formula is C20H29N. The monoisotopic (exact) mass is 283 g/mol. The molecule has 1 aromatic carbocycles. The number of rotatable bonds is 4. The van der Waals surface area contributed by atoms with Gasteiger partial charge in [0, 0.05) is 6.04 Å². The number of hydrogen-bond acceptors (Lipinski definition) is 1. The van der Waals surface area contributed by atoms with Gasteiger partial charge in [-0.1, -0.05) is 37.6 Å². The molecule has 0 amide bonds. The van der Waals surface area contributed by atoms with Crippen LogP contribution in [-0.2, 0) is 5.41 Å². The predicted octanol–water partition coefficient (Wildman–Crippen LogP) is 4.95. The Morgan fingerprint density at radius 1 is 1.00 bits per heavy atom. The first-order valence-electron chi connectivity index (χ1n) is 9.04. The first-order chi connectivity index (χ1) is 10.2. The predicted molar refractivity (Wildman–Crippen MR) is 88.1 cm³/mol. The lowest BCUT2D eigenvalue weighted by Crippen LogP contribution is -2.48. The third kappa shape index (κ3) is 2.34. The van der Waals surface area contributed by atoms with Crippen molar-refractivity contribution >= 4 is 0 Å². The van der Waals surface area contributed by atoms with Crippen molar-refractivity contribution in [1.82, 2.24) is 0 Å². The van der Waals surface area contributed by atoms with Gasteiger partial charge in [0.05, 0.1) is 0 Å². The Kier molecular flexibility index (Phi) is 3.37. The molecule has 4 aliphatic carbocycles. The van der Waals surface area contributed by atoms with Crippen LogP contribution in [-0.4, -0.2) is 0 Å². The Morgan fingerprint density at radius 3 is 2.00 bits per heavy atom. The molecule has 0 heterocycles. The zero-order valence-electron chi connectivity index (χ0n) is 13.4. The summed E-state index contributed by atoms with van der Waals surface area (Å²) in [7, 11) is 0. The van der Waals surface area contributed by atoms with E-state index in [1.807, 2.05) is 0 Å². The first-order valence-corrected chi connectivity index (χ1v) is 9.04. The van der Waals surface area contributed by atoms with Gasteiger partial charge in [-0.25, -0.2) is 0 Å². The minimum Gasteiger partial charge on any atom is -0.324 e. The highest BCUT2D eigenvalue weighted by Gasteiger charge is 2.51. The zero-order chi connectivity index (χ0) is 14.4. The molecule has 5 rings (SSSR count). The molecule has 4 saturated carbocycles. The second kappa shape index (κ2) is 5.12. The van der Waals surface area contributed by atoms with Crippen molar-refractivity contribution in [2.45, 2.75) is 69.7 Å². The molecular weight excluding hydrogens is 254 g/mol. The number of hydrogen-bond donors (Lipinski definition) is 1. The molecule has 0 aromatic heterocycles. The Balaban J connectivity index is 1.59. The molecule has 0 radical (unpaired) electrons. The molecule has 21 heavy (non-hydrogen) atoms. The fourth-order valence-electron chi connectivity index (χ4n) is 6.03. The van der Waals surface area contributed by atoms with E-state index in [4.69, 9.17) is 5.73 Å². The molecule has 1 nitrogen and oxygen atoms in total. The summed E-state index contributed by atoms with van der Waals surface area (Å²) in [5.74, 6) is 3.08. The van der Waals surface area contributed by atoms with Gasteiger partial charge in [-0.3, -0.25) is 0 Å². The molecule has 0 aliphatic heterocycles. The van der Waals surface area contributed by atoms with Gasteiger partial charge in [-0.15, -0.1) is 0 Å². The normalized spacial score (nSPS) is 38.7. The van der Waals surface area contributed by atoms with Crippen LogP contribution in [0.3, 0.4) is 0 Å². The van der Waals surface area contributed by atoms with E-state index < -0.39 is 0 Å². The van der Waals surface area contributed by atoms with E-state index in [-0.39, 0.29) is 6.04 Å². The summed E-state index contributed by atoms with van der Waals surface area (Å²) >= 11 is 0. The van der Waals surface area contributed by atoms with Crippen molar-refractivity contribution in [2.75, 3.05) is 0 Å². The highest BCUT2D eigenvalue weighted by atomic mass is 14.6. The highest BCUT2D eigenvalue weighted by molar-refractivity contribution is 5.33. The molecule has 0 saturated heterocycles. The summed E-state index contributed by atoms with van der Waals surface area (Å²) in [5.41, 5.74) is 9.74. The minimum atomic E-state index is 0.223. The second-order valence-corrected chi connectivity index (χ2v) is 8.22. The summed E-state index contributed by atoms with van der Waals surface area (Å²) in [6, 6.07) is 9.68. The van der Waals surface area contributed by atoms with Gasteiger partial charge in [0.15, 0.2) is 0 Å². The summed E-state index contributed by atoms with van der Waals surface area (Å²) in [6.07, 6.45) is 11.2.